The van der Waals surface area contributed by atoms with E-state index in [1.54, 1.807) is 6.08 Å². The van der Waals surface area contributed by atoms with Crippen LogP contribution in [0.2, 0.25) is 0 Å². The first-order chi connectivity index (χ1) is 8.09. The number of nitrogens with zero attached hydrogens (tertiary/aromatic N) is 1. The van der Waals surface area contributed by atoms with Crippen molar-refractivity contribution in [1.82, 2.24) is 0 Å². The van der Waals surface area contributed by atoms with Gasteiger partial charge >= 0.3 is 0 Å². The zero-order chi connectivity index (χ0) is 12.4. The third kappa shape index (κ3) is 2.76. The molecule has 0 aromatic heterocycles. The number of hydrogen-bond donors (Lipinski definition) is 1. The Bertz CT molecular complexity index is 574. The second kappa shape index (κ2) is 5.30. The highest BCUT2D eigenvalue weighted by molar-refractivity contribution is 14.1. The van der Waals surface area contributed by atoms with Crippen molar-refractivity contribution < 1.29 is 4.79 Å². The van der Waals surface area contributed by atoms with Gasteiger partial charge in [-0.05, 0) is 69.5 Å². The normalized spacial score (nSPS) is 18.0. The highest BCUT2D eigenvalue weighted by atomic mass is 127. The second-order valence-electron chi connectivity index (χ2n) is 3.37. The number of carbonyl (C=O) groups excluding carboxylic acids is 1. The topological polar surface area (TPSA) is 55.4 Å². The second-order valence-corrected chi connectivity index (χ2v) is 5.61. The van der Waals surface area contributed by atoms with E-state index in [2.05, 4.69) is 27.6 Å². The molecule has 1 aliphatic carbocycles. The van der Waals surface area contributed by atoms with Crippen LogP contribution in [0.3, 0.4) is 0 Å². The van der Waals surface area contributed by atoms with E-state index < -0.39 is 0 Å². The third-order valence-electron chi connectivity index (χ3n) is 2.21. The van der Waals surface area contributed by atoms with Crippen molar-refractivity contribution in [1.29, 1.82) is 0 Å². The van der Waals surface area contributed by atoms with Gasteiger partial charge in [0.15, 0.2) is 0 Å². The Morgan fingerprint density at radius 2 is 1.82 bits per heavy atom. The number of aliphatic imine (C=N–C) groups is 1. The van der Waals surface area contributed by atoms with Crippen LogP contribution in [0.15, 0.2) is 50.7 Å². The Kier molecular flexibility index (Phi) is 3.97. The third-order valence-corrected chi connectivity index (χ3v) is 4.26. The summed E-state index contributed by atoms with van der Waals surface area (Å²) in [5.74, 6) is -0.156. The lowest BCUT2D eigenvalue weighted by Crippen LogP contribution is -2.17. The van der Waals surface area contributed by atoms with Crippen LogP contribution in [0.5, 0.6) is 0 Å². The maximum absolute atomic E-state index is 11.3. The van der Waals surface area contributed by atoms with Crippen molar-refractivity contribution in [3.05, 3.63) is 49.3 Å². The number of hydrogen-bond acceptors (Lipinski definition) is 3. The van der Waals surface area contributed by atoms with E-state index in [0.717, 1.165) is 15.0 Å². The number of nitrogens with two attached hydrogens (primary N) is 1. The summed E-state index contributed by atoms with van der Waals surface area (Å²) in [6.45, 7) is 0. The van der Waals surface area contributed by atoms with Gasteiger partial charge in [0.2, 0.25) is 5.78 Å². The zero-order valence-electron chi connectivity index (χ0n) is 8.65. The van der Waals surface area contributed by atoms with Crippen molar-refractivity contribution in [2.24, 2.45) is 10.7 Å². The van der Waals surface area contributed by atoms with Gasteiger partial charge in [-0.25, -0.2) is 4.99 Å². The Hall–Kier alpha value is -0.700. The molecule has 86 valence electrons. The minimum atomic E-state index is -0.156. The average molecular weight is 450 g/mol. The van der Waals surface area contributed by atoms with Gasteiger partial charge in [-0.1, -0.05) is 12.1 Å². The molecule has 2 rings (SSSR count). The summed E-state index contributed by atoms with van der Waals surface area (Å²) in [6, 6.07) is 7.80. The molecule has 17 heavy (non-hydrogen) atoms. The molecule has 0 spiro atoms. The summed E-state index contributed by atoms with van der Waals surface area (Å²) in [5.41, 5.74) is 7.56. The molecule has 0 atom stereocenters. The molecule has 0 bridgehead atoms. The number of para-hydroxylation sites is 1. The number of halogens is 2. The maximum atomic E-state index is 11.3. The van der Waals surface area contributed by atoms with Gasteiger partial charge in [0.05, 0.1) is 20.7 Å². The number of allylic oxidation sites excluding steroid dienone is 3. The van der Waals surface area contributed by atoms with E-state index in [9.17, 15) is 4.79 Å². The Morgan fingerprint density at radius 3 is 2.53 bits per heavy atom. The monoisotopic (exact) mass is 450 g/mol. The van der Waals surface area contributed by atoms with Gasteiger partial charge in [-0.2, -0.15) is 0 Å². The zero-order valence-corrected chi connectivity index (χ0v) is 13.0. The van der Waals surface area contributed by atoms with E-state index >= 15 is 0 Å². The van der Waals surface area contributed by atoms with Gasteiger partial charge < -0.3 is 5.73 Å². The van der Waals surface area contributed by atoms with Crippen LogP contribution in [-0.2, 0) is 4.79 Å². The molecule has 0 amide bonds. The van der Waals surface area contributed by atoms with Gasteiger partial charge in [0, 0.05) is 3.57 Å². The van der Waals surface area contributed by atoms with E-state index in [1.165, 1.54) is 6.08 Å². The fourth-order valence-electron chi connectivity index (χ4n) is 1.32. The van der Waals surface area contributed by atoms with Gasteiger partial charge in [-0.3, -0.25) is 4.79 Å². The number of carbonyl (C=O) groups is 1. The largest absolute Gasteiger partial charge is 0.395 e. The van der Waals surface area contributed by atoms with Crippen LogP contribution < -0.4 is 5.73 Å². The van der Waals surface area contributed by atoms with Crippen LogP contribution >= 0.6 is 45.2 Å². The van der Waals surface area contributed by atoms with Gasteiger partial charge in [-0.15, -0.1) is 0 Å². The van der Waals surface area contributed by atoms with Crippen molar-refractivity contribution in [3.8, 4) is 0 Å². The Morgan fingerprint density at radius 1 is 1.12 bits per heavy atom. The average Bonchev–Trinajstić information content (AvgIpc) is 2.32. The summed E-state index contributed by atoms with van der Waals surface area (Å²) in [4.78, 5) is 15.8. The molecule has 0 radical (unpaired) electrons. The van der Waals surface area contributed by atoms with Crippen LogP contribution in [0.1, 0.15) is 0 Å². The SMILES string of the molecule is NC1=C(I)C(=Nc2ccccc2I)C=CC1=O. The lowest BCUT2D eigenvalue weighted by Gasteiger charge is -2.09. The van der Waals surface area contributed by atoms with Crippen LogP contribution in [0.25, 0.3) is 0 Å². The fourth-order valence-corrected chi connectivity index (χ4v) is 2.40. The summed E-state index contributed by atoms with van der Waals surface area (Å²) < 4.78 is 1.76. The molecule has 0 saturated heterocycles. The number of rotatable bonds is 1. The predicted octanol–water partition coefficient (Wildman–Crippen LogP) is 3.11. The predicted molar refractivity (Wildman–Crippen MR) is 85.6 cm³/mol. The molecule has 3 nitrogen and oxygen atoms in total. The van der Waals surface area contributed by atoms with Crippen molar-refractivity contribution in [2.75, 3.05) is 0 Å². The number of ketones is 1. The molecule has 0 unspecified atom stereocenters. The summed E-state index contributed by atoms with van der Waals surface area (Å²) in [6.07, 6.45) is 3.15. The van der Waals surface area contributed by atoms with Gasteiger partial charge in [0.1, 0.15) is 0 Å². The molecule has 5 heteroatoms. The highest BCUT2D eigenvalue weighted by Crippen LogP contribution is 2.25. The van der Waals surface area contributed by atoms with Crippen LogP contribution in [0.4, 0.5) is 5.69 Å². The highest BCUT2D eigenvalue weighted by Gasteiger charge is 2.16. The molecular formula is C12H8I2N2O. The molecule has 0 heterocycles. The first-order valence-corrected chi connectivity index (χ1v) is 6.96. The smallest absolute Gasteiger partial charge is 0.202 e. The van der Waals surface area contributed by atoms with Crippen molar-refractivity contribution >= 4 is 62.4 Å². The van der Waals surface area contributed by atoms with E-state index in [-0.39, 0.29) is 11.5 Å². The van der Waals surface area contributed by atoms with E-state index in [4.69, 9.17) is 5.73 Å². The molecule has 0 saturated carbocycles. The molecule has 1 aromatic rings. The molecule has 0 fully saturated rings. The van der Waals surface area contributed by atoms with Crippen LogP contribution in [-0.4, -0.2) is 11.5 Å². The molecule has 0 aliphatic heterocycles. The summed E-state index contributed by atoms with van der Waals surface area (Å²) in [7, 11) is 0. The Balaban J connectivity index is 2.46. The standard InChI is InChI=1S/C12H8I2N2O/c13-7-3-1-2-4-8(7)16-9-5-6-10(17)12(15)11(9)14/h1-6H,15H2. The maximum Gasteiger partial charge on any atom is 0.202 e. The minimum Gasteiger partial charge on any atom is -0.395 e. The number of benzene rings is 1. The molecule has 1 aromatic carbocycles. The lowest BCUT2D eigenvalue weighted by molar-refractivity contribution is -0.111. The lowest BCUT2D eigenvalue weighted by atomic mass is 10.1. The van der Waals surface area contributed by atoms with Crippen LogP contribution in [0, 0.1) is 3.57 Å². The van der Waals surface area contributed by atoms with Gasteiger partial charge in [0.25, 0.3) is 0 Å². The molecule has 1 aliphatic rings. The van der Waals surface area contributed by atoms with E-state index in [1.807, 2.05) is 46.9 Å². The van der Waals surface area contributed by atoms with Crippen molar-refractivity contribution in [2.45, 2.75) is 0 Å². The Labute approximate surface area is 126 Å². The van der Waals surface area contributed by atoms with Crippen molar-refractivity contribution in [3.63, 3.8) is 0 Å². The fraction of sp³-hybridized carbons (Fsp3) is 0. The summed E-state index contributed by atoms with van der Waals surface area (Å²) in [5, 5.41) is 0. The molecular weight excluding hydrogens is 442 g/mol. The first kappa shape index (κ1) is 12.7. The molecule has 2 N–H and O–H groups in total. The van der Waals surface area contributed by atoms with E-state index in [0.29, 0.717) is 3.58 Å². The first-order valence-electron chi connectivity index (χ1n) is 4.81. The summed E-state index contributed by atoms with van der Waals surface area (Å²) >= 11 is 4.27. The minimum absolute atomic E-state index is 0.156. The quantitative estimate of drug-likeness (QED) is 0.529.